The van der Waals surface area contributed by atoms with E-state index in [0.717, 1.165) is 0 Å². The van der Waals surface area contributed by atoms with Crippen molar-refractivity contribution < 1.29 is 9.90 Å². The second kappa shape index (κ2) is 5.57. The SMILES string of the molecule is O=C(CCl)N[C@H](CO)c1ccccn1. The highest BCUT2D eigenvalue weighted by molar-refractivity contribution is 6.27. The fourth-order valence-corrected chi connectivity index (χ4v) is 1.11. The number of aliphatic hydroxyl groups is 1. The van der Waals surface area contributed by atoms with E-state index in [0.29, 0.717) is 5.69 Å². The molecule has 0 aliphatic rings. The van der Waals surface area contributed by atoms with Crippen LogP contribution in [0.15, 0.2) is 24.4 Å². The average molecular weight is 215 g/mol. The highest BCUT2D eigenvalue weighted by Gasteiger charge is 2.13. The molecule has 0 aromatic carbocycles. The van der Waals surface area contributed by atoms with Crippen LogP contribution in [0.3, 0.4) is 0 Å². The molecule has 0 aliphatic carbocycles. The molecule has 1 aromatic heterocycles. The fraction of sp³-hybridized carbons (Fsp3) is 0.333. The van der Waals surface area contributed by atoms with E-state index in [2.05, 4.69) is 10.3 Å². The molecule has 0 fully saturated rings. The molecule has 4 nitrogen and oxygen atoms in total. The van der Waals surface area contributed by atoms with Crippen LogP contribution in [0.1, 0.15) is 11.7 Å². The van der Waals surface area contributed by atoms with Crippen molar-refractivity contribution in [3.8, 4) is 0 Å². The summed E-state index contributed by atoms with van der Waals surface area (Å²) in [5.41, 5.74) is 0.619. The maximum Gasteiger partial charge on any atom is 0.235 e. The molecule has 2 N–H and O–H groups in total. The van der Waals surface area contributed by atoms with E-state index in [1.165, 1.54) is 0 Å². The van der Waals surface area contributed by atoms with Crippen LogP contribution < -0.4 is 5.32 Å². The average Bonchev–Trinajstić information content (AvgIpc) is 2.26. The molecule has 76 valence electrons. The number of aromatic nitrogens is 1. The summed E-state index contributed by atoms with van der Waals surface area (Å²) in [4.78, 5) is 15.0. The number of halogens is 1. The highest BCUT2D eigenvalue weighted by Crippen LogP contribution is 2.07. The molecule has 0 unspecified atom stereocenters. The van der Waals surface area contributed by atoms with Gasteiger partial charge < -0.3 is 10.4 Å². The number of hydrogen-bond donors (Lipinski definition) is 2. The molecule has 0 saturated carbocycles. The van der Waals surface area contributed by atoms with Crippen LogP contribution in [0.5, 0.6) is 0 Å². The summed E-state index contributed by atoms with van der Waals surface area (Å²) >= 11 is 5.33. The molecule has 0 radical (unpaired) electrons. The topological polar surface area (TPSA) is 62.2 Å². The van der Waals surface area contributed by atoms with Crippen molar-refractivity contribution >= 4 is 17.5 Å². The van der Waals surface area contributed by atoms with Gasteiger partial charge >= 0.3 is 0 Å². The Morgan fingerprint density at radius 3 is 2.93 bits per heavy atom. The number of aliphatic hydroxyl groups excluding tert-OH is 1. The van der Waals surface area contributed by atoms with Crippen LogP contribution >= 0.6 is 11.6 Å². The van der Waals surface area contributed by atoms with Gasteiger partial charge in [0.15, 0.2) is 0 Å². The predicted octanol–water partition coefficient (Wildman–Crippen LogP) is 0.470. The first-order chi connectivity index (χ1) is 6.77. The van der Waals surface area contributed by atoms with Gasteiger partial charge in [-0.3, -0.25) is 9.78 Å². The molecule has 1 heterocycles. The van der Waals surface area contributed by atoms with Gasteiger partial charge in [-0.1, -0.05) is 6.07 Å². The lowest BCUT2D eigenvalue weighted by atomic mass is 10.2. The number of carbonyl (C=O) groups is 1. The molecule has 0 bridgehead atoms. The van der Waals surface area contributed by atoms with Crippen molar-refractivity contribution in [2.24, 2.45) is 0 Å². The number of hydrogen-bond acceptors (Lipinski definition) is 3. The summed E-state index contributed by atoms with van der Waals surface area (Å²) in [6.45, 7) is -0.195. The number of carbonyl (C=O) groups excluding carboxylic acids is 1. The van der Waals surface area contributed by atoms with Crippen LogP contribution in [-0.4, -0.2) is 28.5 Å². The van der Waals surface area contributed by atoms with Crippen molar-refractivity contribution in [2.45, 2.75) is 6.04 Å². The van der Waals surface area contributed by atoms with E-state index in [1.54, 1.807) is 24.4 Å². The Morgan fingerprint density at radius 1 is 1.64 bits per heavy atom. The summed E-state index contributed by atoms with van der Waals surface area (Å²) in [5.74, 6) is -0.444. The lowest BCUT2D eigenvalue weighted by Crippen LogP contribution is -2.32. The van der Waals surface area contributed by atoms with Gasteiger partial charge in [-0.05, 0) is 12.1 Å². The molecule has 0 aliphatic heterocycles. The third kappa shape index (κ3) is 2.97. The first-order valence-electron chi connectivity index (χ1n) is 4.15. The van der Waals surface area contributed by atoms with Crippen molar-refractivity contribution in [1.82, 2.24) is 10.3 Å². The number of alkyl halides is 1. The molecular weight excluding hydrogens is 204 g/mol. The molecular formula is C9H11ClN2O2. The standard InChI is InChI=1S/C9H11ClN2O2/c10-5-9(14)12-8(6-13)7-3-1-2-4-11-7/h1-4,8,13H,5-6H2,(H,12,14)/t8-/m1/s1. The largest absolute Gasteiger partial charge is 0.394 e. The Hall–Kier alpha value is -1.13. The third-order valence-electron chi connectivity index (χ3n) is 1.68. The van der Waals surface area contributed by atoms with E-state index in [-0.39, 0.29) is 18.4 Å². The van der Waals surface area contributed by atoms with Crippen molar-refractivity contribution in [2.75, 3.05) is 12.5 Å². The summed E-state index contributed by atoms with van der Waals surface area (Å²) in [5, 5.41) is 11.6. The second-order valence-corrected chi connectivity index (χ2v) is 2.96. The van der Waals surface area contributed by atoms with Crippen LogP contribution in [0.25, 0.3) is 0 Å². The van der Waals surface area contributed by atoms with Gasteiger partial charge in [-0.25, -0.2) is 0 Å². The van der Waals surface area contributed by atoms with Gasteiger partial charge in [0.2, 0.25) is 5.91 Å². The highest BCUT2D eigenvalue weighted by atomic mass is 35.5. The minimum atomic E-state index is -0.484. The maximum atomic E-state index is 11.0. The summed E-state index contributed by atoms with van der Waals surface area (Å²) < 4.78 is 0. The van der Waals surface area contributed by atoms with Gasteiger partial charge in [0, 0.05) is 6.20 Å². The molecule has 5 heteroatoms. The van der Waals surface area contributed by atoms with E-state index in [4.69, 9.17) is 16.7 Å². The van der Waals surface area contributed by atoms with Crippen LogP contribution in [-0.2, 0) is 4.79 Å². The van der Waals surface area contributed by atoms with Gasteiger partial charge in [0.05, 0.1) is 18.3 Å². The zero-order chi connectivity index (χ0) is 10.4. The lowest BCUT2D eigenvalue weighted by Gasteiger charge is -2.14. The van der Waals surface area contributed by atoms with E-state index >= 15 is 0 Å². The smallest absolute Gasteiger partial charge is 0.235 e. The molecule has 1 atom stereocenters. The summed E-state index contributed by atoms with van der Waals surface area (Å²) in [6, 6.07) is 4.80. The molecule has 1 aromatic rings. The Labute approximate surface area is 86.9 Å². The molecule has 1 rings (SSSR count). The van der Waals surface area contributed by atoms with E-state index in [9.17, 15) is 4.79 Å². The van der Waals surface area contributed by atoms with Crippen LogP contribution in [0, 0.1) is 0 Å². The van der Waals surface area contributed by atoms with E-state index in [1.807, 2.05) is 0 Å². The van der Waals surface area contributed by atoms with Crippen molar-refractivity contribution in [3.05, 3.63) is 30.1 Å². The third-order valence-corrected chi connectivity index (χ3v) is 1.93. The molecule has 1 amide bonds. The Bertz CT molecular complexity index is 292. The predicted molar refractivity (Wildman–Crippen MR) is 52.9 cm³/mol. The Balaban J connectivity index is 2.68. The van der Waals surface area contributed by atoms with Crippen molar-refractivity contribution in [1.29, 1.82) is 0 Å². The number of nitrogens with zero attached hydrogens (tertiary/aromatic N) is 1. The number of amides is 1. The zero-order valence-electron chi connectivity index (χ0n) is 7.48. The first-order valence-corrected chi connectivity index (χ1v) is 4.68. The lowest BCUT2D eigenvalue weighted by molar-refractivity contribution is -0.119. The van der Waals surface area contributed by atoms with Gasteiger partial charge in [0.25, 0.3) is 0 Å². The fourth-order valence-electron chi connectivity index (χ4n) is 1.03. The minimum absolute atomic E-state index is 0.122. The normalized spacial score (nSPS) is 12.1. The number of nitrogens with one attached hydrogen (secondary N) is 1. The number of rotatable bonds is 4. The number of pyridine rings is 1. The molecule has 0 spiro atoms. The summed E-state index contributed by atoms with van der Waals surface area (Å²) in [7, 11) is 0. The monoisotopic (exact) mass is 214 g/mol. The Morgan fingerprint density at radius 2 is 2.43 bits per heavy atom. The quantitative estimate of drug-likeness (QED) is 0.717. The van der Waals surface area contributed by atoms with Crippen LogP contribution in [0.4, 0.5) is 0 Å². The molecule has 14 heavy (non-hydrogen) atoms. The minimum Gasteiger partial charge on any atom is -0.394 e. The second-order valence-electron chi connectivity index (χ2n) is 2.69. The Kier molecular flexibility index (Phi) is 4.35. The zero-order valence-corrected chi connectivity index (χ0v) is 8.24. The van der Waals surface area contributed by atoms with Crippen LogP contribution in [0.2, 0.25) is 0 Å². The molecule has 0 saturated heterocycles. The maximum absolute atomic E-state index is 11.0. The van der Waals surface area contributed by atoms with Gasteiger partial charge in [-0.2, -0.15) is 0 Å². The first kappa shape index (κ1) is 10.9. The summed E-state index contributed by atoms with van der Waals surface area (Å²) in [6.07, 6.45) is 1.60. The van der Waals surface area contributed by atoms with Crippen molar-refractivity contribution in [3.63, 3.8) is 0 Å². The van der Waals surface area contributed by atoms with Gasteiger partial charge in [0.1, 0.15) is 5.88 Å². The van der Waals surface area contributed by atoms with E-state index < -0.39 is 6.04 Å². The van der Waals surface area contributed by atoms with Gasteiger partial charge in [-0.15, -0.1) is 11.6 Å².